The number of carbonyl (C=O) groups excluding carboxylic acids is 1. The van der Waals surface area contributed by atoms with Crippen LogP contribution in [0.15, 0.2) is 36.5 Å². The Morgan fingerprint density at radius 3 is 2.95 bits per heavy atom. The van der Waals surface area contributed by atoms with Crippen molar-refractivity contribution < 1.29 is 4.79 Å². The van der Waals surface area contributed by atoms with Gasteiger partial charge >= 0.3 is 0 Å². The molecule has 5 heteroatoms. The molecule has 5 nitrogen and oxygen atoms in total. The highest BCUT2D eigenvalue weighted by molar-refractivity contribution is 5.95. The number of aromatic nitrogens is 1. The van der Waals surface area contributed by atoms with E-state index in [1.54, 1.807) is 12.3 Å². The summed E-state index contributed by atoms with van der Waals surface area (Å²) in [4.78, 5) is 15.7. The predicted molar refractivity (Wildman–Crippen MR) is 72.9 cm³/mol. The number of hydrogen-bond donors (Lipinski definition) is 2. The van der Waals surface area contributed by atoms with E-state index in [0.717, 1.165) is 17.8 Å². The Morgan fingerprint density at radius 1 is 1.37 bits per heavy atom. The Hall–Kier alpha value is -2.40. The molecule has 1 amide bonds. The SMILES string of the molecule is Cc1c(C(N)=O)ccnc1N1NCc2ccccc21. The van der Waals surface area contributed by atoms with Crippen molar-refractivity contribution >= 4 is 17.4 Å². The molecule has 0 atom stereocenters. The number of carbonyl (C=O) groups is 1. The van der Waals surface area contributed by atoms with Crippen LogP contribution in [0.4, 0.5) is 11.5 Å². The number of fused-ring (bicyclic) bond motifs is 1. The number of anilines is 2. The molecule has 1 aromatic heterocycles. The van der Waals surface area contributed by atoms with Crippen molar-refractivity contribution in [3.8, 4) is 0 Å². The zero-order chi connectivity index (χ0) is 13.4. The highest BCUT2D eigenvalue weighted by Crippen LogP contribution is 2.32. The van der Waals surface area contributed by atoms with Crippen molar-refractivity contribution in [2.45, 2.75) is 13.5 Å². The third-order valence-corrected chi connectivity index (χ3v) is 3.31. The molecule has 3 N–H and O–H groups in total. The minimum Gasteiger partial charge on any atom is -0.366 e. The van der Waals surface area contributed by atoms with Crippen LogP contribution in [-0.4, -0.2) is 10.9 Å². The first-order valence-electron chi connectivity index (χ1n) is 6.05. The lowest BCUT2D eigenvalue weighted by Crippen LogP contribution is -2.29. The van der Waals surface area contributed by atoms with E-state index >= 15 is 0 Å². The number of amides is 1. The largest absolute Gasteiger partial charge is 0.366 e. The highest BCUT2D eigenvalue weighted by atomic mass is 16.1. The molecule has 0 aliphatic carbocycles. The van der Waals surface area contributed by atoms with Crippen LogP contribution in [0.2, 0.25) is 0 Å². The van der Waals surface area contributed by atoms with Gasteiger partial charge in [-0.2, -0.15) is 0 Å². The number of rotatable bonds is 2. The van der Waals surface area contributed by atoms with Gasteiger partial charge in [-0.25, -0.2) is 10.4 Å². The van der Waals surface area contributed by atoms with E-state index in [1.807, 2.05) is 30.1 Å². The topological polar surface area (TPSA) is 71.2 Å². The standard InChI is InChI=1S/C14H14N4O/c1-9-11(13(15)19)6-7-16-14(9)18-12-5-3-2-4-10(12)8-17-18/h2-7,17H,8H2,1H3,(H2,15,19). The molecule has 0 bridgehead atoms. The lowest BCUT2D eigenvalue weighted by Gasteiger charge is -2.21. The van der Waals surface area contributed by atoms with E-state index in [1.165, 1.54) is 5.56 Å². The molecule has 0 saturated carbocycles. The van der Waals surface area contributed by atoms with Crippen molar-refractivity contribution in [1.29, 1.82) is 0 Å². The summed E-state index contributed by atoms with van der Waals surface area (Å²) in [6.45, 7) is 2.60. The summed E-state index contributed by atoms with van der Waals surface area (Å²) in [5.74, 6) is 0.273. The lowest BCUT2D eigenvalue weighted by molar-refractivity contribution is 0.0999. The van der Waals surface area contributed by atoms with Gasteiger partial charge in [0.25, 0.3) is 0 Å². The van der Waals surface area contributed by atoms with Crippen LogP contribution in [-0.2, 0) is 6.54 Å². The van der Waals surface area contributed by atoms with Gasteiger partial charge < -0.3 is 5.73 Å². The molecular formula is C14H14N4O. The van der Waals surface area contributed by atoms with Crippen molar-refractivity contribution in [3.05, 3.63) is 53.2 Å². The van der Waals surface area contributed by atoms with E-state index in [-0.39, 0.29) is 0 Å². The fraction of sp³-hybridized carbons (Fsp3) is 0.143. The fourth-order valence-corrected chi connectivity index (χ4v) is 2.33. The van der Waals surface area contributed by atoms with Gasteiger partial charge in [-0.3, -0.25) is 9.80 Å². The van der Waals surface area contributed by atoms with Crippen LogP contribution in [0.5, 0.6) is 0 Å². The minimum atomic E-state index is -0.436. The van der Waals surface area contributed by atoms with Crippen LogP contribution in [0, 0.1) is 6.92 Å². The molecule has 1 aromatic carbocycles. The highest BCUT2D eigenvalue weighted by Gasteiger charge is 2.23. The summed E-state index contributed by atoms with van der Waals surface area (Å²) in [5.41, 5.74) is 12.2. The second kappa shape index (κ2) is 4.37. The molecule has 19 heavy (non-hydrogen) atoms. The number of nitrogens with one attached hydrogen (secondary N) is 1. The Kier molecular flexibility index (Phi) is 2.68. The molecule has 3 rings (SSSR count). The van der Waals surface area contributed by atoms with Gasteiger partial charge in [-0.05, 0) is 24.6 Å². The van der Waals surface area contributed by atoms with Gasteiger partial charge in [-0.15, -0.1) is 0 Å². The van der Waals surface area contributed by atoms with Crippen LogP contribution in [0.3, 0.4) is 0 Å². The Balaban J connectivity index is 2.10. The monoisotopic (exact) mass is 254 g/mol. The number of nitrogens with two attached hydrogens (primary N) is 1. The quantitative estimate of drug-likeness (QED) is 0.854. The van der Waals surface area contributed by atoms with Gasteiger partial charge in [0.15, 0.2) is 5.82 Å². The van der Waals surface area contributed by atoms with Gasteiger partial charge in [0.05, 0.1) is 5.69 Å². The molecule has 96 valence electrons. The summed E-state index contributed by atoms with van der Waals surface area (Å²) in [5, 5.41) is 1.90. The van der Waals surface area contributed by atoms with E-state index in [4.69, 9.17) is 5.73 Å². The lowest BCUT2D eigenvalue weighted by atomic mass is 10.1. The number of benzene rings is 1. The summed E-state index contributed by atoms with van der Waals surface area (Å²) in [7, 11) is 0. The molecular weight excluding hydrogens is 240 g/mol. The second-order valence-electron chi connectivity index (χ2n) is 4.47. The Labute approximate surface area is 111 Å². The second-order valence-corrected chi connectivity index (χ2v) is 4.47. The maximum atomic E-state index is 11.4. The van der Waals surface area contributed by atoms with E-state index in [0.29, 0.717) is 11.4 Å². The molecule has 1 aliphatic heterocycles. The van der Waals surface area contributed by atoms with Crippen LogP contribution >= 0.6 is 0 Å². The van der Waals surface area contributed by atoms with Crippen LogP contribution in [0.1, 0.15) is 21.5 Å². The van der Waals surface area contributed by atoms with E-state index in [2.05, 4.69) is 16.5 Å². The van der Waals surface area contributed by atoms with E-state index in [9.17, 15) is 4.79 Å². The maximum Gasteiger partial charge on any atom is 0.249 e. The first-order valence-corrected chi connectivity index (χ1v) is 6.05. The number of nitrogens with zero attached hydrogens (tertiary/aromatic N) is 2. The first-order chi connectivity index (χ1) is 9.18. The third-order valence-electron chi connectivity index (χ3n) is 3.31. The third kappa shape index (κ3) is 1.84. The summed E-state index contributed by atoms with van der Waals surface area (Å²) in [6.07, 6.45) is 1.60. The molecule has 0 fully saturated rings. The molecule has 0 spiro atoms. The summed E-state index contributed by atoms with van der Waals surface area (Å²) < 4.78 is 0. The number of para-hydroxylation sites is 1. The van der Waals surface area contributed by atoms with Gasteiger partial charge in [-0.1, -0.05) is 18.2 Å². The zero-order valence-electron chi connectivity index (χ0n) is 10.6. The normalized spacial score (nSPS) is 13.4. The van der Waals surface area contributed by atoms with Crippen molar-refractivity contribution in [3.63, 3.8) is 0 Å². The number of hydrogen-bond acceptors (Lipinski definition) is 4. The average molecular weight is 254 g/mol. The Bertz CT molecular complexity index is 654. The zero-order valence-corrected chi connectivity index (χ0v) is 10.6. The fourth-order valence-electron chi connectivity index (χ4n) is 2.33. The maximum absolute atomic E-state index is 11.4. The van der Waals surface area contributed by atoms with Crippen LogP contribution in [0.25, 0.3) is 0 Å². The number of primary amides is 1. The minimum absolute atomic E-state index is 0.436. The summed E-state index contributed by atoms with van der Waals surface area (Å²) in [6, 6.07) is 9.71. The molecule has 2 heterocycles. The number of hydrazine groups is 1. The van der Waals surface area contributed by atoms with Crippen molar-refractivity contribution in [2.75, 3.05) is 5.01 Å². The first kappa shape index (κ1) is 11.7. The van der Waals surface area contributed by atoms with Gasteiger partial charge in [0.1, 0.15) is 0 Å². The van der Waals surface area contributed by atoms with Crippen LogP contribution < -0.4 is 16.2 Å². The molecule has 0 radical (unpaired) electrons. The summed E-state index contributed by atoms with van der Waals surface area (Å²) >= 11 is 0. The molecule has 0 saturated heterocycles. The number of pyridine rings is 1. The predicted octanol–water partition coefficient (Wildman–Crippen LogP) is 1.65. The smallest absolute Gasteiger partial charge is 0.249 e. The Morgan fingerprint density at radius 2 is 2.16 bits per heavy atom. The van der Waals surface area contributed by atoms with Crippen molar-refractivity contribution in [1.82, 2.24) is 10.4 Å². The molecule has 1 aliphatic rings. The van der Waals surface area contributed by atoms with E-state index < -0.39 is 5.91 Å². The van der Waals surface area contributed by atoms with Crippen molar-refractivity contribution in [2.24, 2.45) is 5.73 Å². The molecule has 0 unspecified atom stereocenters. The molecule has 2 aromatic rings. The van der Waals surface area contributed by atoms with Gasteiger partial charge in [0.2, 0.25) is 5.91 Å². The van der Waals surface area contributed by atoms with Gasteiger partial charge in [0, 0.05) is 23.9 Å². The average Bonchev–Trinajstić information content (AvgIpc) is 2.82.